The third-order valence-electron chi connectivity index (χ3n) is 3.88. The van der Waals surface area contributed by atoms with Crippen molar-refractivity contribution in [2.24, 2.45) is 0 Å². The normalized spacial score (nSPS) is 15.0. The van der Waals surface area contributed by atoms with E-state index in [4.69, 9.17) is 9.47 Å². The molecule has 2 N–H and O–H groups in total. The minimum Gasteiger partial charge on any atom is -0.504 e. The molecule has 1 aliphatic rings. The zero-order chi connectivity index (χ0) is 16.0. The quantitative estimate of drug-likeness (QED) is 0.711. The number of para-hydroxylation sites is 1. The molecular formula is C18H13NO4. The van der Waals surface area contributed by atoms with Crippen molar-refractivity contribution in [2.75, 3.05) is 7.11 Å². The van der Waals surface area contributed by atoms with Crippen LogP contribution in [0, 0.1) is 0 Å². The molecule has 0 amide bonds. The van der Waals surface area contributed by atoms with Crippen molar-refractivity contribution >= 4 is 22.8 Å². The van der Waals surface area contributed by atoms with Gasteiger partial charge in [-0.25, -0.2) is 0 Å². The lowest BCUT2D eigenvalue weighted by molar-refractivity contribution is 0.101. The Morgan fingerprint density at radius 2 is 2.13 bits per heavy atom. The summed E-state index contributed by atoms with van der Waals surface area (Å²) in [6, 6.07) is 10.4. The van der Waals surface area contributed by atoms with Crippen LogP contribution in [0.1, 0.15) is 15.9 Å². The van der Waals surface area contributed by atoms with Crippen LogP contribution in [0.15, 0.2) is 48.4 Å². The Morgan fingerprint density at radius 1 is 1.26 bits per heavy atom. The van der Waals surface area contributed by atoms with Crippen LogP contribution in [-0.2, 0) is 0 Å². The Labute approximate surface area is 131 Å². The highest BCUT2D eigenvalue weighted by atomic mass is 16.5. The minimum atomic E-state index is -0.242. The molecule has 1 aliphatic heterocycles. The van der Waals surface area contributed by atoms with Gasteiger partial charge in [-0.15, -0.1) is 0 Å². The number of aromatic nitrogens is 1. The molecule has 3 aromatic rings. The lowest BCUT2D eigenvalue weighted by atomic mass is 10.1. The molecule has 1 aromatic heterocycles. The van der Waals surface area contributed by atoms with E-state index < -0.39 is 0 Å². The van der Waals surface area contributed by atoms with Crippen molar-refractivity contribution in [3.63, 3.8) is 0 Å². The monoisotopic (exact) mass is 307 g/mol. The molecular weight excluding hydrogens is 294 g/mol. The SMILES string of the molecule is COc1ccc2[nH]cc(C=C3Oc4c(O)cccc4C3=O)c2c1. The number of aromatic hydroxyl groups is 1. The first kappa shape index (κ1) is 13.5. The number of rotatable bonds is 2. The smallest absolute Gasteiger partial charge is 0.232 e. The van der Waals surface area contributed by atoms with Crippen LogP contribution in [0.3, 0.4) is 0 Å². The van der Waals surface area contributed by atoms with Gasteiger partial charge in [-0.2, -0.15) is 0 Å². The van der Waals surface area contributed by atoms with E-state index in [0.29, 0.717) is 5.56 Å². The van der Waals surface area contributed by atoms with Crippen LogP contribution in [-0.4, -0.2) is 23.0 Å². The Bertz CT molecular complexity index is 968. The zero-order valence-electron chi connectivity index (χ0n) is 12.3. The molecule has 0 unspecified atom stereocenters. The first-order valence-electron chi connectivity index (χ1n) is 7.09. The number of benzene rings is 2. The van der Waals surface area contributed by atoms with Crippen molar-refractivity contribution in [2.45, 2.75) is 0 Å². The van der Waals surface area contributed by atoms with E-state index in [9.17, 15) is 9.90 Å². The molecule has 2 aromatic carbocycles. The van der Waals surface area contributed by atoms with E-state index in [2.05, 4.69) is 4.98 Å². The lowest BCUT2D eigenvalue weighted by Crippen LogP contribution is -1.97. The molecule has 0 atom stereocenters. The van der Waals surface area contributed by atoms with Crippen LogP contribution >= 0.6 is 0 Å². The average molecular weight is 307 g/mol. The van der Waals surface area contributed by atoms with E-state index >= 15 is 0 Å². The number of methoxy groups -OCH3 is 1. The molecule has 0 saturated carbocycles. The largest absolute Gasteiger partial charge is 0.504 e. The lowest BCUT2D eigenvalue weighted by Gasteiger charge is -2.01. The molecule has 4 rings (SSSR count). The van der Waals surface area contributed by atoms with Gasteiger partial charge in [0.25, 0.3) is 0 Å². The summed E-state index contributed by atoms with van der Waals surface area (Å²) in [4.78, 5) is 15.5. The standard InChI is InChI=1S/C18H13NO4/c1-22-11-5-6-14-13(8-11)10(9-19-14)7-16-17(21)12-3-2-4-15(20)18(12)23-16/h2-9,19-20H,1H3. The molecule has 5 heteroatoms. The van der Waals surface area contributed by atoms with Crippen molar-refractivity contribution in [3.8, 4) is 17.2 Å². The summed E-state index contributed by atoms with van der Waals surface area (Å²) >= 11 is 0. The summed E-state index contributed by atoms with van der Waals surface area (Å²) in [7, 11) is 1.61. The fraction of sp³-hybridized carbons (Fsp3) is 0.0556. The van der Waals surface area contributed by atoms with Gasteiger partial charge in [0, 0.05) is 22.7 Å². The molecule has 0 spiro atoms. The Kier molecular flexibility index (Phi) is 2.87. The van der Waals surface area contributed by atoms with E-state index in [1.165, 1.54) is 6.07 Å². The highest BCUT2D eigenvalue weighted by Gasteiger charge is 2.29. The molecule has 0 fully saturated rings. The number of carbonyl (C=O) groups excluding carboxylic acids is 1. The van der Waals surface area contributed by atoms with Gasteiger partial charge in [-0.05, 0) is 36.4 Å². The fourth-order valence-corrected chi connectivity index (χ4v) is 2.70. The number of aromatic amines is 1. The number of fused-ring (bicyclic) bond motifs is 2. The molecule has 0 saturated heterocycles. The van der Waals surface area contributed by atoms with Crippen molar-refractivity contribution < 1.29 is 19.4 Å². The van der Waals surface area contributed by atoms with Crippen LogP contribution in [0.2, 0.25) is 0 Å². The van der Waals surface area contributed by atoms with E-state index in [1.54, 1.807) is 31.5 Å². The minimum absolute atomic E-state index is 0.0418. The molecule has 23 heavy (non-hydrogen) atoms. The second kappa shape index (κ2) is 4.91. The Balaban J connectivity index is 1.80. The topological polar surface area (TPSA) is 71.6 Å². The molecule has 0 bridgehead atoms. The highest BCUT2D eigenvalue weighted by Crippen LogP contribution is 2.39. The molecule has 0 radical (unpaired) electrons. The molecule has 2 heterocycles. The highest BCUT2D eigenvalue weighted by molar-refractivity contribution is 6.15. The van der Waals surface area contributed by atoms with Gasteiger partial charge in [0.1, 0.15) is 5.75 Å². The zero-order valence-corrected chi connectivity index (χ0v) is 12.3. The van der Waals surface area contributed by atoms with Crippen LogP contribution in [0.25, 0.3) is 17.0 Å². The van der Waals surface area contributed by atoms with Gasteiger partial charge in [0.05, 0.1) is 12.7 Å². The second-order valence-corrected chi connectivity index (χ2v) is 5.25. The number of ether oxygens (including phenoxy) is 2. The number of phenolic OH excluding ortho intramolecular Hbond substituents is 1. The number of Topliss-reactive ketones (excluding diaryl/α,β-unsaturated/α-hetero) is 1. The van der Waals surface area contributed by atoms with E-state index in [0.717, 1.165) is 22.2 Å². The number of hydrogen-bond acceptors (Lipinski definition) is 4. The molecule has 114 valence electrons. The van der Waals surface area contributed by atoms with Crippen LogP contribution in [0.4, 0.5) is 0 Å². The number of carbonyl (C=O) groups is 1. The summed E-state index contributed by atoms with van der Waals surface area (Å²) in [5.41, 5.74) is 2.12. The van der Waals surface area contributed by atoms with Crippen molar-refractivity contribution in [1.82, 2.24) is 4.98 Å². The number of H-pyrrole nitrogens is 1. The number of ketones is 1. The van der Waals surface area contributed by atoms with Gasteiger partial charge in [0.2, 0.25) is 5.78 Å². The number of nitrogens with one attached hydrogen (secondary N) is 1. The fourth-order valence-electron chi connectivity index (χ4n) is 2.70. The van der Waals surface area contributed by atoms with Gasteiger partial charge in [-0.3, -0.25) is 4.79 Å². The summed E-state index contributed by atoms with van der Waals surface area (Å²) in [6.07, 6.45) is 3.47. The van der Waals surface area contributed by atoms with Gasteiger partial charge in [0.15, 0.2) is 17.3 Å². The van der Waals surface area contributed by atoms with Crippen LogP contribution in [0.5, 0.6) is 17.2 Å². The van der Waals surface area contributed by atoms with E-state index in [-0.39, 0.29) is 23.0 Å². The van der Waals surface area contributed by atoms with Crippen molar-refractivity contribution in [1.29, 1.82) is 0 Å². The van der Waals surface area contributed by atoms with E-state index in [1.807, 2.05) is 18.2 Å². The third kappa shape index (κ3) is 2.05. The van der Waals surface area contributed by atoms with Crippen molar-refractivity contribution in [3.05, 3.63) is 59.5 Å². The molecule has 5 nitrogen and oxygen atoms in total. The summed E-state index contributed by atoms with van der Waals surface area (Å²) < 4.78 is 10.8. The number of phenols is 1. The Hall–Kier alpha value is -3.21. The maximum absolute atomic E-state index is 12.4. The molecule has 0 aliphatic carbocycles. The van der Waals surface area contributed by atoms with Crippen LogP contribution < -0.4 is 9.47 Å². The number of hydrogen-bond donors (Lipinski definition) is 2. The predicted molar refractivity (Wildman–Crippen MR) is 85.9 cm³/mol. The maximum Gasteiger partial charge on any atom is 0.232 e. The summed E-state index contributed by atoms with van der Waals surface area (Å²) in [5, 5.41) is 10.7. The predicted octanol–water partition coefficient (Wildman–Crippen LogP) is 3.50. The Morgan fingerprint density at radius 3 is 2.91 bits per heavy atom. The first-order valence-corrected chi connectivity index (χ1v) is 7.09. The second-order valence-electron chi connectivity index (χ2n) is 5.25. The van der Waals surface area contributed by atoms with Gasteiger partial charge >= 0.3 is 0 Å². The third-order valence-corrected chi connectivity index (χ3v) is 3.88. The summed E-state index contributed by atoms with van der Waals surface area (Å²) in [5.74, 6) is 0.843. The average Bonchev–Trinajstić information content (AvgIpc) is 3.11. The number of allylic oxidation sites excluding steroid dienone is 1. The first-order chi connectivity index (χ1) is 11.2. The maximum atomic E-state index is 12.4. The van der Waals surface area contributed by atoms with Gasteiger partial charge < -0.3 is 19.6 Å². The van der Waals surface area contributed by atoms with Gasteiger partial charge in [-0.1, -0.05) is 6.07 Å². The summed E-state index contributed by atoms with van der Waals surface area (Å²) in [6.45, 7) is 0.